The zero-order valence-corrected chi connectivity index (χ0v) is 9.30. The van der Waals surface area contributed by atoms with E-state index in [-0.39, 0.29) is 5.69 Å². The van der Waals surface area contributed by atoms with Crippen molar-refractivity contribution in [3.63, 3.8) is 0 Å². The van der Waals surface area contributed by atoms with Crippen LogP contribution in [0.4, 0.5) is 5.69 Å². The Hall–Kier alpha value is -1.42. The van der Waals surface area contributed by atoms with Gasteiger partial charge in [0.05, 0.1) is 11.0 Å². The summed E-state index contributed by atoms with van der Waals surface area (Å²) in [4.78, 5) is 9.82. The lowest BCUT2D eigenvalue weighted by Gasteiger charge is -2.02. The van der Waals surface area contributed by atoms with Gasteiger partial charge in [-0.25, -0.2) is 0 Å². The van der Waals surface area contributed by atoms with Crippen molar-refractivity contribution in [1.29, 1.82) is 0 Å². The summed E-state index contributed by atoms with van der Waals surface area (Å²) in [6.07, 6.45) is 0.588. The van der Waals surface area contributed by atoms with Crippen LogP contribution in [0.5, 0.6) is 0 Å². The van der Waals surface area contributed by atoms with Crippen LogP contribution in [-0.2, 0) is 0 Å². The summed E-state index contributed by atoms with van der Waals surface area (Å²) >= 11 is 0. The Kier molecular flexibility index (Phi) is 6.29. The molecule has 1 rings (SSSR count). The van der Waals surface area contributed by atoms with E-state index in [1.165, 1.54) is 18.6 Å². The summed E-state index contributed by atoms with van der Waals surface area (Å²) in [6.45, 7) is 5.82. The first-order chi connectivity index (χ1) is 7.02. The molecule has 0 bridgehead atoms. The van der Waals surface area contributed by atoms with Crippen molar-refractivity contribution in [1.82, 2.24) is 0 Å². The number of aliphatic hydroxyl groups excluding tert-OH is 1. The van der Waals surface area contributed by atoms with Gasteiger partial charge in [0.15, 0.2) is 0 Å². The lowest BCUT2D eigenvalue weighted by Crippen LogP contribution is -1.93. The van der Waals surface area contributed by atoms with Gasteiger partial charge in [-0.1, -0.05) is 32.4 Å². The van der Waals surface area contributed by atoms with Crippen LogP contribution in [-0.4, -0.2) is 10.0 Å². The van der Waals surface area contributed by atoms with Gasteiger partial charge in [-0.15, -0.1) is 0 Å². The Labute approximate surface area is 89.7 Å². The van der Waals surface area contributed by atoms with Gasteiger partial charge in [-0.2, -0.15) is 0 Å². The number of hydrogen-bond acceptors (Lipinski definition) is 3. The van der Waals surface area contributed by atoms with E-state index in [1.807, 2.05) is 0 Å². The van der Waals surface area contributed by atoms with E-state index in [0.29, 0.717) is 5.56 Å². The molecule has 1 unspecified atom stereocenters. The molecule has 1 aromatic rings. The average molecular weight is 211 g/mol. The first kappa shape index (κ1) is 13.6. The molecule has 0 aliphatic carbocycles. The highest BCUT2D eigenvalue weighted by atomic mass is 16.6. The number of nitro groups is 1. The first-order valence-corrected chi connectivity index (χ1v) is 4.95. The number of benzene rings is 1. The van der Waals surface area contributed by atoms with Gasteiger partial charge < -0.3 is 5.11 Å². The normalized spacial score (nSPS) is 11.2. The average Bonchev–Trinajstić information content (AvgIpc) is 2.19. The van der Waals surface area contributed by atoms with Crippen LogP contribution < -0.4 is 0 Å². The maximum atomic E-state index is 10.3. The Morgan fingerprint density at radius 2 is 2.00 bits per heavy atom. The van der Waals surface area contributed by atoms with E-state index >= 15 is 0 Å². The molecule has 0 aromatic heterocycles. The molecule has 1 aromatic carbocycles. The summed E-state index contributed by atoms with van der Waals surface area (Å²) in [7, 11) is 0. The highest BCUT2D eigenvalue weighted by Crippen LogP contribution is 2.18. The second kappa shape index (κ2) is 6.95. The van der Waals surface area contributed by atoms with Crippen molar-refractivity contribution < 1.29 is 10.0 Å². The third kappa shape index (κ3) is 5.12. The fourth-order valence-corrected chi connectivity index (χ4v) is 0.898. The SMILES string of the molecule is CC(O)c1cccc([N+](=O)[O-])c1.CCC. The molecule has 0 saturated carbocycles. The maximum absolute atomic E-state index is 10.3. The second-order valence-electron chi connectivity index (χ2n) is 3.24. The summed E-state index contributed by atoms with van der Waals surface area (Å²) in [5, 5.41) is 19.4. The van der Waals surface area contributed by atoms with E-state index < -0.39 is 11.0 Å². The van der Waals surface area contributed by atoms with Crippen molar-refractivity contribution >= 4 is 5.69 Å². The highest BCUT2D eigenvalue weighted by molar-refractivity contribution is 5.34. The fourth-order valence-electron chi connectivity index (χ4n) is 0.898. The van der Waals surface area contributed by atoms with E-state index in [1.54, 1.807) is 19.1 Å². The standard InChI is InChI=1S/C8H9NO3.C3H8/c1-6(10)7-3-2-4-8(5-7)9(11)12;1-3-2/h2-6,10H,1H3;3H2,1-2H3. The van der Waals surface area contributed by atoms with Crippen LogP contribution in [0.25, 0.3) is 0 Å². The zero-order valence-electron chi connectivity index (χ0n) is 9.30. The molecule has 0 radical (unpaired) electrons. The topological polar surface area (TPSA) is 63.4 Å². The molecule has 0 amide bonds. The number of aliphatic hydroxyl groups is 1. The molecular formula is C11H17NO3. The van der Waals surface area contributed by atoms with Crippen LogP contribution in [0.2, 0.25) is 0 Å². The van der Waals surface area contributed by atoms with Crippen LogP contribution in [0, 0.1) is 10.1 Å². The maximum Gasteiger partial charge on any atom is 0.269 e. The molecule has 0 saturated heterocycles. The van der Waals surface area contributed by atoms with Crippen LogP contribution in [0.1, 0.15) is 38.9 Å². The molecule has 15 heavy (non-hydrogen) atoms. The third-order valence-corrected chi connectivity index (χ3v) is 1.56. The minimum absolute atomic E-state index is 0.00778. The molecule has 0 aliphatic rings. The molecular weight excluding hydrogens is 194 g/mol. The van der Waals surface area contributed by atoms with E-state index in [4.69, 9.17) is 5.11 Å². The minimum Gasteiger partial charge on any atom is -0.389 e. The molecule has 0 heterocycles. The predicted molar refractivity (Wildman–Crippen MR) is 59.7 cm³/mol. The minimum atomic E-state index is -0.662. The number of non-ortho nitro benzene ring substituents is 1. The second-order valence-corrected chi connectivity index (χ2v) is 3.24. The molecule has 1 atom stereocenters. The highest BCUT2D eigenvalue weighted by Gasteiger charge is 2.07. The van der Waals surface area contributed by atoms with Gasteiger partial charge in [0, 0.05) is 12.1 Å². The molecule has 1 N–H and O–H groups in total. The fraction of sp³-hybridized carbons (Fsp3) is 0.455. The van der Waals surface area contributed by atoms with Crippen LogP contribution in [0.15, 0.2) is 24.3 Å². The Bertz CT molecular complexity index is 310. The molecule has 0 spiro atoms. The summed E-state index contributed by atoms with van der Waals surface area (Å²) in [5.41, 5.74) is 0.567. The molecule has 4 nitrogen and oxygen atoms in total. The van der Waals surface area contributed by atoms with Crippen LogP contribution >= 0.6 is 0 Å². The Morgan fingerprint density at radius 3 is 2.40 bits per heavy atom. The summed E-state index contributed by atoms with van der Waals surface area (Å²) in [6, 6.07) is 5.97. The lowest BCUT2D eigenvalue weighted by molar-refractivity contribution is -0.385. The number of nitro benzene ring substituents is 1. The van der Waals surface area contributed by atoms with Crippen molar-refractivity contribution in [3.8, 4) is 0 Å². The van der Waals surface area contributed by atoms with Gasteiger partial charge in [-0.3, -0.25) is 10.1 Å². The van der Waals surface area contributed by atoms with Crippen LogP contribution in [0.3, 0.4) is 0 Å². The van der Waals surface area contributed by atoms with Crippen molar-refractivity contribution in [2.24, 2.45) is 0 Å². The molecule has 84 valence electrons. The summed E-state index contributed by atoms with van der Waals surface area (Å²) in [5.74, 6) is 0. The van der Waals surface area contributed by atoms with E-state index in [0.717, 1.165) is 0 Å². The van der Waals surface area contributed by atoms with Gasteiger partial charge in [0.2, 0.25) is 0 Å². The van der Waals surface area contributed by atoms with Crippen molar-refractivity contribution in [2.75, 3.05) is 0 Å². The lowest BCUT2D eigenvalue weighted by atomic mass is 10.1. The Morgan fingerprint density at radius 1 is 1.47 bits per heavy atom. The monoisotopic (exact) mass is 211 g/mol. The third-order valence-electron chi connectivity index (χ3n) is 1.56. The molecule has 0 aliphatic heterocycles. The Balaban J connectivity index is 0.000000583. The number of hydrogen-bond donors (Lipinski definition) is 1. The van der Waals surface area contributed by atoms with Crippen molar-refractivity contribution in [2.45, 2.75) is 33.3 Å². The number of rotatable bonds is 2. The van der Waals surface area contributed by atoms with Crippen molar-refractivity contribution in [3.05, 3.63) is 39.9 Å². The first-order valence-electron chi connectivity index (χ1n) is 4.95. The molecule has 4 heteroatoms. The van der Waals surface area contributed by atoms with Gasteiger partial charge in [0.25, 0.3) is 5.69 Å². The smallest absolute Gasteiger partial charge is 0.269 e. The quantitative estimate of drug-likeness (QED) is 0.604. The van der Waals surface area contributed by atoms with Gasteiger partial charge >= 0.3 is 0 Å². The number of nitrogens with zero attached hydrogens (tertiary/aromatic N) is 1. The predicted octanol–water partition coefficient (Wildman–Crippen LogP) is 3.06. The zero-order chi connectivity index (χ0) is 11.8. The molecule has 0 fully saturated rings. The van der Waals surface area contributed by atoms with E-state index in [2.05, 4.69) is 13.8 Å². The van der Waals surface area contributed by atoms with Gasteiger partial charge in [0.1, 0.15) is 0 Å². The van der Waals surface area contributed by atoms with Gasteiger partial charge in [-0.05, 0) is 12.5 Å². The largest absolute Gasteiger partial charge is 0.389 e. The van der Waals surface area contributed by atoms with E-state index in [9.17, 15) is 10.1 Å². The summed E-state index contributed by atoms with van der Waals surface area (Å²) < 4.78 is 0.